The molecule has 4 heteroatoms. The quantitative estimate of drug-likeness (QED) is 0.837. The van der Waals surface area contributed by atoms with Crippen LogP contribution in [0.5, 0.6) is 0 Å². The van der Waals surface area contributed by atoms with Gasteiger partial charge in [0.2, 0.25) is 0 Å². The monoisotopic (exact) mass is 221 g/mol. The summed E-state index contributed by atoms with van der Waals surface area (Å²) >= 11 is 0. The van der Waals surface area contributed by atoms with Crippen molar-refractivity contribution < 1.29 is 4.79 Å². The highest BCUT2D eigenvalue weighted by molar-refractivity contribution is 5.92. The molecule has 1 amide bonds. The van der Waals surface area contributed by atoms with Gasteiger partial charge in [0, 0.05) is 13.6 Å². The molecule has 1 aromatic rings. The fourth-order valence-electron chi connectivity index (χ4n) is 1.94. The minimum absolute atomic E-state index is 0.00148. The van der Waals surface area contributed by atoms with Crippen molar-refractivity contribution >= 4 is 5.91 Å². The summed E-state index contributed by atoms with van der Waals surface area (Å²) in [5.41, 5.74) is 1.63. The zero-order valence-corrected chi connectivity index (χ0v) is 9.99. The van der Waals surface area contributed by atoms with Crippen molar-refractivity contribution in [1.82, 2.24) is 15.1 Å². The highest BCUT2D eigenvalue weighted by atomic mass is 16.2. The minimum Gasteiger partial charge on any atom is -0.350 e. The van der Waals surface area contributed by atoms with Gasteiger partial charge in [-0.15, -0.1) is 0 Å². The Balaban J connectivity index is 1.93. The largest absolute Gasteiger partial charge is 0.350 e. The SMILES string of the molecule is CCc1cc(C(=O)NCC2CCC2)n(C)n1. The summed E-state index contributed by atoms with van der Waals surface area (Å²) in [7, 11) is 1.82. The molecule has 0 radical (unpaired) electrons. The molecule has 1 aromatic heterocycles. The summed E-state index contributed by atoms with van der Waals surface area (Å²) < 4.78 is 1.66. The maximum atomic E-state index is 11.9. The van der Waals surface area contributed by atoms with E-state index in [4.69, 9.17) is 0 Å². The lowest BCUT2D eigenvalue weighted by molar-refractivity contribution is 0.0929. The molecular formula is C12H19N3O. The van der Waals surface area contributed by atoms with Gasteiger partial charge in [0.15, 0.2) is 0 Å². The fraction of sp³-hybridized carbons (Fsp3) is 0.667. The summed E-state index contributed by atoms with van der Waals surface area (Å²) in [5, 5.41) is 7.25. The number of rotatable bonds is 4. The van der Waals surface area contributed by atoms with Gasteiger partial charge in [-0.1, -0.05) is 13.3 Å². The molecule has 0 aliphatic heterocycles. The number of hydrogen-bond donors (Lipinski definition) is 1. The average molecular weight is 221 g/mol. The van der Waals surface area contributed by atoms with Crippen LogP contribution in [0.3, 0.4) is 0 Å². The van der Waals surface area contributed by atoms with Crippen molar-refractivity contribution in [3.8, 4) is 0 Å². The highest BCUT2D eigenvalue weighted by Crippen LogP contribution is 2.25. The Bertz CT molecular complexity index is 380. The fourth-order valence-corrected chi connectivity index (χ4v) is 1.94. The number of carbonyl (C=O) groups is 1. The van der Waals surface area contributed by atoms with Crippen LogP contribution in [0, 0.1) is 5.92 Å². The van der Waals surface area contributed by atoms with Crippen molar-refractivity contribution in [3.63, 3.8) is 0 Å². The normalized spacial score (nSPS) is 15.9. The molecule has 1 aliphatic rings. The molecule has 1 heterocycles. The molecule has 16 heavy (non-hydrogen) atoms. The van der Waals surface area contributed by atoms with Crippen LogP contribution in [-0.2, 0) is 13.5 Å². The molecule has 88 valence electrons. The van der Waals surface area contributed by atoms with E-state index in [-0.39, 0.29) is 5.91 Å². The molecular weight excluding hydrogens is 202 g/mol. The van der Waals surface area contributed by atoms with Gasteiger partial charge < -0.3 is 5.32 Å². The zero-order chi connectivity index (χ0) is 11.5. The average Bonchev–Trinajstić information content (AvgIpc) is 2.57. The number of nitrogens with zero attached hydrogens (tertiary/aromatic N) is 2. The predicted molar refractivity (Wildman–Crippen MR) is 62.3 cm³/mol. The first-order valence-corrected chi connectivity index (χ1v) is 6.01. The van der Waals surface area contributed by atoms with Crippen LogP contribution in [0.1, 0.15) is 42.4 Å². The number of hydrogen-bond acceptors (Lipinski definition) is 2. The summed E-state index contributed by atoms with van der Waals surface area (Å²) in [6, 6.07) is 1.87. The Morgan fingerprint density at radius 2 is 2.38 bits per heavy atom. The summed E-state index contributed by atoms with van der Waals surface area (Å²) in [6.07, 6.45) is 4.69. The minimum atomic E-state index is 0.00148. The van der Waals surface area contributed by atoms with Crippen molar-refractivity contribution in [1.29, 1.82) is 0 Å². The smallest absolute Gasteiger partial charge is 0.269 e. The Morgan fingerprint density at radius 1 is 1.62 bits per heavy atom. The van der Waals surface area contributed by atoms with E-state index in [1.165, 1.54) is 19.3 Å². The molecule has 0 spiro atoms. The standard InChI is InChI=1S/C12H19N3O/c1-3-10-7-11(15(2)14-10)12(16)13-8-9-5-4-6-9/h7,9H,3-6,8H2,1-2H3,(H,13,16). The topological polar surface area (TPSA) is 46.9 Å². The van der Waals surface area contributed by atoms with Crippen LogP contribution < -0.4 is 5.32 Å². The third kappa shape index (κ3) is 2.26. The van der Waals surface area contributed by atoms with Gasteiger partial charge in [-0.05, 0) is 31.2 Å². The number of aryl methyl sites for hydroxylation is 2. The molecule has 0 saturated heterocycles. The van der Waals surface area contributed by atoms with Crippen LogP contribution in [-0.4, -0.2) is 22.2 Å². The third-order valence-corrected chi connectivity index (χ3v) is 3.30. The Hall–Kier alpha value is -1.32. The van der Waals surface area contributed by atoms with Gasteiger partial charge in [0.05, 0.1) is 5.69 Å². The van der Waals surface area contributed by atoms with E-state index >= 15 is 0 Å². The van der Waals surface area contributed by atoms with Crippen LogP contribution >= 0.6 is 0 Å². The number of amides is 1. The second kappa shape index (κ2) is 4.68. The lowest BCUT2D eigenvalue weighted by Crippen LogP contribution is -2.33. The van der Waals surface area contributed by atoms with Gasteiger partial charge in [0.25, 0.3) is 5.91 Å². The second-order valence-electron chi connectivity index (χ2n) is 4.51. The summed E-state index contributed by atoms with van der Waals surface area (Å²) in [5.74, 6) is 0.699. The summed E-state index contributed by atoms with van der Waals surface area (Å²) in [4.78, 5) is 11.9. The maximum absolute atomic E-state index is 11.9. The van der Waals surface area contributed by atoms with Gasteiger partial charge in [-0.25, -0.2) is 0 Å². The summed E-state index contributed by atoms with van der Waals surface area (Å²) in [6.45, 7) is 2.85. The van der Waals surface area contributed by atoms with Gasteiger partial charge in [-0.2, -0.15) is 5.10 Å². The molecule has 1 saturated carbocycles. The van der Waals surface area contributed by atoms with E-state index in [0.29, 0.717) is 11.6 Å². The molecule has 0 unspecified atom stereocenters. The first-order chi connectivity index (χ1) is 7.70. The number of nitrogens with one attached hydrogen (secondary N) is 1. The first kappa shape index (κ1) is 11.2. The molecule has 4 nitrogen and oxygen atoms in total. The molecule has 0 bridgehead atoms. The lowest BCUT2D eigenvalue weighted by atomic mass is 9.85. The first-order valence-electron chi connectivity index (χ1n) is 6.01. The van der Waals surface area contributed by atoms with Crippen LogP contribution in [0.4, 0.5) is 0 Å². The molecule has 1 N–H and O–H groups in total. The Morgan fingerprint density at radius 3 is 2.88 bits per heavy atom. The van der Waals surface area contributed by atoms with Crippen molar-refractivity contribution in [2.75, 3.05) is 6.54 Å². The lowest BCUT2D eigenvalue weighted by Gasteiger charge is -2.25. The van der Waals surface area contributed by atoms with Crippen LogP contribution in [0.25, 0.3) is 0 Å². The molecule has 2 rings (SSSR count). The van der Waals surface area contributed by atoms with Gasteiger partial charge in [-0.3, -0.25) is 9.48 Å². The third-order valence-electron chi connectivity index (χ3n) is 3.30. The second-order valence-corrected chi connectivity index (χ2v) is 4.51. The van der Waals surface area contributed by atoms with Gasteiger partial charge >= 0.3 is 0 Å². The van der Waals surface area contributed by atoms with E-state index in [1.807, 2.05) is 20.0 Å². The highest BCUT2D eigenvalue weighted by Gasteiger charge is 2.19. The van der Waals surface area contributed by atoms with E-state index in [0.717, 1.165) is 18.7 Å². The molecule has 1 aliphatic carbocycles. The Labute approximate surface area is 96.0 Å². The Kier molecular flexibility index (Phi) is 3.27. The van der Waals surface area contributed by atoms with Crippen molar-refractivity contribution in [3.05, 3.63) is 17.5 Å². The van der Waals surface area contributed by atoms with Crippen LogP contribution in [0.15, 0.2) is 6.07 Å². The van der Waals surface area contributed by atoms with E-state index < -0.39 is 0 Å². The molecule has 0 atom stereocenters. The van der Waals surface area contributed by atoms with Gasteiger partial charge in [0.1, 0.15) is 5.69 Å². The number of aromatic nitrogens is 2. The zero-order valence-electron chi connectivity index (χ0n) is 9.99. The van der Waals surface area contributed by atoms with Crippen molar-refractivity contribution in [2.45, 2.75) is 32.6 Å². The van der Waals surface area contributed by atoms with E-state index in [2.05, 4.69) is 10.4 Å². The molecule has 0 aromatic carbocycles. The predicted octanol–water partition coefficient (Wildman–Crippen LogP) is 1.51. The molecule has 1 fully saturated rings. The van der Waals surface area contributed by atoms with Crippen molar-refractivity contribution in [2.24, 2.45) is 13.0 Å². The van der Waals surface area contributed by atoms with E-state index in [9.17, 15) is 4.79 Å². The van der Waals surface area contributed by atoms with E-state index in [1.54, 1.807) is 4.68 Å². The number of carbonyl (C=O) groups excluding carboxylic acids is 1. The van der Waals surface area contributed by atoms with Crippen LogP contribution in [0.2, 0.25) is 0 Å². The maximum Gasteiger partial charge on any atom is 0.269 e.